The van der Waals surface area contributed by atoms with Gasteiger partial charge in [0, 0.05) is 18.2 Å². The molecule has 24 heteroatoms. The molecule has 0 aromatic carbocycles. The average molecular weight is 711 g/mol. The number of hydrogen-bond acceptors (Lipinski definition) is 5. The number of hydrogen-bond donors (Lipinski definition) is 0. The Morgan fingerprint density at radius 2 is 1.07 bits per heavy atom. The molecule has 0 aliphatic heterocycles. The quantitative estimate of drug-likeness (QED) is 0.0596. The van der Waals surface area contributed by atoms with E-state index in [4.69, 9.17) is 4.74 Å². The van der Waals surface area contributed by atoms with E-state index in [1.54, 1.807) is 0 Å². The van der Waals surface area contributed by atoms with Crippen molar-refractivity contribution in [1.82, 2.24) is 0 Å². The number of rotatable bonds is 17. The van der Waals surface area contributed by atoms with Gasteiger partial charge in [-0.15, -0.1) is 0 Å². The Labute approximate surface area is 236 Å². The number of nitrogens with zero attached hydrogens (tertiary/aromatic N) is 1. The molecule has 0 N–H and O–H groups in total. The molecule has 0 heterocycles. The lowest BCUT2D eigenvalue weighted by atomic mass is 9.88. The summed E-state index contributed by atoms with van der Waals surface area (Å²) in [7, 11) is -3.05. The molecule has 1 atom stereocenters. The zero-order valence-electron chi connectivity index (χ0n) is 22.3. The minimum atomic E-state index is -8.77. The van der Waals surface area contributed by atoms with Crippen LogP contribution in [0.4, 0.5) is 74.6 Å². The number of carbonyl (C=O) groups excluding carboxylic acids is 1. The predicted octanol–water partition coefficient (Wildman–Crippen LogP) is 6.15. The third-order valence-electron chi connectivity index (χ3n) is 5.75. The standard InChI is InChI=1S/C20H23F17NO5P/c1-11(2)12(39)42-8-6-38(3,4)7-9-43-44(40,41)10-5-13(21,22)14(23,24)15(25,26)16(27,28)17(29,30)18(31,32)19(33,34)20(35,36)37/h1,5-10H2,2-4H3. The first kappa shape index (κ1) is 42.1. The summed E-state index contributed by atoms with van der Waals surface area (Å²) in [6, 6.07) is 0. The molecule has 0 rings (SSSR count). The molecule has 1 unspecified atom stereocenters. The molecule has 0 saturated carbocycles. The molecule has 0 amide bonds. The van der Waals surface area contributed by atoms with Gasteiger partial charge in [0.25, 0.3) is 0 Å². The molecule has 0 radical (unpaired) electrons. The van der Waals surface area contributed by atoms with Gasteiger partial charge in [0.2, 0.25) is 0 Å². The highest BCUT2D eigenvalue weighted by molar-refractivity contribution is 7.51. The van der Waals surface area contributed by atoms with Crippen LogP contribution in [0.15, 0.2) is 12.2 Å². The topological polar surface area (TPSA) is 75.7 Å². The summed E-state index contributed by atoms with van der Waals surface area (Å²) in [6.45, 7) is 2.97. The number of halogens is 17. The molecule has 0 fully saturated rings. The third kappa shape index (κ3) is 8.09. The van der Waals surface area contributed by atoms with Crippen molar-refractivity contribution in [3.63, 3.8) is 0 Å². The van der Waals surface area contributed by atoms with Gasteiger partial charge in [0.15, 0.2) is 0 Å². The molecule has 262 valence electrons. The van der Waals surface area contributed by atoms with E-state index in [1.165, 1.54) is 21.0 Å². The van der Waals surface area contributed by atoms with Crippen LogP contribution in [0.1, 0.15) is 13.3 Å². The Bertz CT molecular complexity index is 1090. The van der Waals surface area contributed by atoms with E-state index in [-0.39, 0.29) is 29.8 Å². The lowest BCUT2D eigenvalue weighted by molar-refractivity contribution is -0.890. The molecule has 44 heavy (non-hydrogen) atoms. The van der Waals surface area contributed by atoms with E-state index >= 15 is 0 Å². The molecule has 0 aliphatic carbocycles. The second kappa shape index (κ2) is 12.7. The minimum absolute atomic E-state index is 0.0180. The van der Waals surface area contributed by atoms with Crippen molar-refractivity contribution < 1.29 is 103 Å². The number of quaternary nitrogens is 1. The molecular weight excluding hydrogens is 688 g/mol. The molecule has 0 spiro atoms. The fourth-order valence-electron chi connectivity index (χ4n) is 2.74. The Hall–Kier alpha value is -1.87. The van der Waals surface area contributed by atoms with Crippen LogP contribution < -0.4 is 4.89 Å². The van der Waals surface area contributed by atoms with Crippen molar-refractivity contribution >= 4 is 13.6 Å². The first-order chi connectivity index (χ1) is 19.0. The van der Waals surface area contributed by atoms with Gasteiger partial charge in [-0.1, -0.05) is 6.58 Å². The number of alkyl halides is 17. The minimum Gasteiger partial charge on any atom is -0.778 e. The Morgan fingerprint density at radius 3 is 1.45 bits per heavy atom. The second-order valence-corrected chi connectivity index (χ2v) is 11.8. The average Bonchev–Trinajstić information content (AvgIpc) is 2.80. The maximum atomic E-state index is 13.9. The van der Waals surface area contributed by atoms with Crippen molar-refractivity contribution in [2.45, 2.75) is 61.0 Å². The summed E-state index contributed by atoms with van der Waals surface area (Å²) in [4.78, 5) is 23.1. The van der Waals surface area contributed by atoms with Crippen LogP contribution >= 0.6 is 7.60 Å². The number of likely N-dealkylation sites (N-methyl/N-ethyl adjacent to an activating group) is 1. The monoisotopic (exact) mass is 711 g/mol. The zero-order chi connectivity index (χ0) is 35.8. The van der Waals surface area contributed by atoms with Crippen molar-refractivity contribution in [2.24, 2.45) is 0 Å². The molecule has 0 aromatic heterocycles. The second-order valence-electron chi connectivity index (χ2n) is 9.87. The van der Waals surface area contributed by atoms with Gasteiger partial charge in [0.05, 0.1) is 14.1 Å². The highest BCUT2D eigenvalue weighted by atomic mass is 31.2. The number of esters is 1. The van der Waals surface area contributed by atoms with Gasteiger partial charge in [0.1, 0.15) is 33.9 Å². The van der Waals surface area contributed by atoms with E-state index in [0.29, 0.717) is 0 Å². The summed E-state index contributed by atoms with van der Waals surface area (Å²) in [6.07, 6.45) is -13.4. The van der Waals surface area contributed by atoms with Gasteiger partial charge in [-0.2, -0.15) is 74.6 Å². The molecule has 0 bridgehead atoms. The smallest absolute Gasteiger partial charge is 0.460 e. The third-order valence-corrected chi connectivity index (χ3v) is 7.10. The molecular formula is C20H23F17NO5P. The van der Waals surface area contributed by atoms with Gasteiger partial charge >= 0.3 is 53.6 Å². The van der Waals surface area contributed by atoms with Crippen LogP contribution in [0.25, 0.3) is 0 Å². The summed E-state index contributed by atoms with van der Waals surface area (Å²) >= 11 is 0. The van der Waals surface area contributed by atoms with Gasteiger partial charge in [-0.05, 0) is 6.92 Å². The summed E-state index contributed by atoms with van der Waals surface area (Å²) in [5, 5.41) is 0. The van der Waals surface area contributed by atoms with Crippen LogP contribution in [0.5, 0.6) is 0 Å². The molecule has 0 aromatic rings. The zero-order valence-corrected chi connectivity index (χ0v) is 23.2. The fraction of sp³-hybridized carbons (Fsp3) is 0.850. The highest BCUT2D eigenvalue weighted by Crippen LogP contribution is 2.64. The van der Waals surface area contributed by atoms with Crippen molar-refractivity contribution in [3.8, 4) is 0 Å². The SMILES string of the molecule is C=C(C)C(=O)OCC[N+](C)(C)CCOP(=O)([O-])CCC(F)(F)C(F)(F)C(F)(F)C(F)(F)C(F)(F)C(F)(F)C(F)(F)C(F)(F)F. The van der Waals surface area contributed by atoms with E-state index < -0.39 is 80.4 Å². The lowest BCUT2D eigenvalue weighted by Gasteiger charge is -2.43. The van der Waals surface area contributed by atoms with Gasteiger partial charge in [-0.25, -0.2) is 4.79 Å². The predicted molar refractivity (Wildman–Crippen MR) is 111 cm³/mol. The molecule has 6 nitrogen and oxygen atoms in total. The highest BCUT2D eigenvalue weighted by Gasteiger charge is 2.95. The summed E-state index contributed by atoms with van der Waals surface area (Å²) < 4.78 is 247. The van der Waals surface area contributed by atoms with Crippen molar-refractivity contribution in [2.75, 3.05) is 46.6 Å². The fourth-order valence-corrected chi connectivity index (χ4v) is 3.79. The van der Waals surface area contributed by atoms with Gasteiger partial charge < -0.3 is 23.2 Å². The molecule has 0 saturated heterocycles. The summed E-state index contributed by atoms with van der Waals surface area (Å²) in [5.41, 5.74) is 0.0180. The largest absolute Gasteiger partial charge is 0.778 e. The van der Waals surface area contributed by atoms with E-state index in [2.05, 4.69) is 11.1 Å². The molecule has 0 aliphatic rings. The van der Waals surface area contributed by atoms with Crippen LogP contribution in [0, 0.1) is 0 Å². The van der Waals surface area contributed by atoms with E-state index in [9.17, 15) is 88.9 Å². The van der Waals surface area contributed by atoms with Crippen LogP contribution in [-0.2, 0) is 18.6 Å². The van der Waals surface area contributed by atoms with Gasteiger partial charge in [-0.3, -0.25) is 0 Å². The first-order valence-corrected chi connectivity index (χ1v) is 13.0. The lowest BCUT2D eigenvalue weighted by Crippen LogP contribution is -2.74. The van der Waals surface area contributed by atoms with E-state index in [1.807, 2.05) is 0 Å². The normalized spacial score (nSPS) is 16.5. The Morgan fingerprint density at radius 1 is 0.705 bits per heavy atom. The summed E-state index contributed by atoms with van der Waals surface area (Å²) in [5.74, 6) is -58.6. The van der Waals surface area contributed by atoms with Crippen molar-refractivity contribution in [1.29, 1.82) is 0 Å². The van der Waals surface area contributed by atoms with Crippen LogP contribution in [-0.4, -0.2) is 105 Å². The maximum Gasteiger partial charge on any atom is 0.460 e. The Balaban J connectivity index is 5.82. The van der Waals surface area contributed by atoms with Crippen LogP contribution in [0.3, 0.4) is 0 Å². The number of ether oxygens (including phenoxy) is 1. The first-order valence-electron chi connectivity index (χ1n) is 11.3. The Kier molecular flexibility index (Phi) is 12.2. The number of carbonyl (C=O) groups is 1. The van der Waals surface area contributed by atoms with Crippen LogP contribution in [0.2, 0.25) is 0 Å². The maximum absolute atomic E-state index is 13.9. The van der Waals surface area contributed by atoms with Crippen molar-refractivity contribution in [3.05, 3.63) is 12.2 Å². The van der Waals surface area contributed by atoms with E-state index in [0.717, 1.165) is 0 Å².